The van der Waals surface area contributed by atoms with E-state index in [1.54, 1.807) is 29.2 Å². The molecule has 27 heavy (non-hydrogen) atoms. The molecule has 1 saturated heterocycles. The van der Waals surface area contributed by atoms with Gasteiger partial charge in [-0.2, -0.15) is 0 Å². The third-order valence-corrected chi connectivity index (χ3v) is 5.92. The van der Waals surface area contributed by atoms with E-state index in [9.17, 15) is 14.4 Å². The Labute approximate surface area is 159 Å². The van der Waals surface area contributed by atoms with Crippen LogP contribution >= 0.6 is 0 Å². The molecule has 4 rings (SSSR count). The van der Waals surface area contributed by atoms with Crippen molar-refractivity contribution in [2.45, 2.75) is 57.1 Å². The van der Waals surface area contributed by atoms with Crippen molar-refractivity contribution in [1.29, 1.82) is 0 Å². The van der Waals surface area contributed by atoms with Crippen molar-refractivity contribution >= 4 is 17.6 Å². The van der Waals surface area contributed by atoms with Gasteiger partial charge in [-0.05, 0) is 37.8 Å². The number of benzene rings is 1. The molecule has 6 nitrogen and oxygen atoms in total. The summed E-state index contributed by atoms with van der Waals surface area (Å²) < 4.78 is 5.87. The number of amides is 2. The first-order valence-corrected chi connectivity index (χ1v) is 10.0. The molecule has 3 aliphatic rings. The predicted octanol–water partition coefficient (Wildman–Crippen LogP) is 2.41. The average Bonchev–Trinajstić information content (AvgIpc) is 3.39. The normalized spacial score (nSPS) is 22.4. The van der Waals surface area contributed by atoms with Crippen molar-refractivity contribution in [2.75, 3.05) is 19.6 Å². The molecule has 1 saturated carbocycles. The lowest BCUT2D eigenvalue weighted by Gasteiger charge is -2.34. The third-order valence-electron chi connectivity index (χ3n) is 5.92. The number of hydrogen-bond acceptors (Lipinski definition) is 4. The summed E-state index contributed by atoms with van der Waals surface area (Å²) in [7, 11) is 0. The molecule has 0 bridgehead atoms. The Morgan fingerprint density at radius 2 is 1.78 bits per heavy atom. The number of hydrogen-bond donors (Lipinski definition) is 0. The Hall–Kier alpha value is -2.37. The standard InChI is InChI=1S/C21H26N2O4/c24-17-13-19(27-18-10-4-3-9-16(17)18)21(26)23(15-7-1-2-8-15)14-20(25)22-11-5-6-12-22/h3-4,9-10,15,19H,1-2,5-8,11-14H2. The van der Waals surface area contributed by atoms with E-state index in [2.05, 4.69) is 0 Å². The van der Waals surface area contributed by atoms with Crippen LogP contribution in [0.15, 0.2) is 24.3 Å². The second kappa shape index (κ2) is 7.71. The summed E-state index contributed by atoms with van der Waals surface area (Å²) in [6, 6.07) is 7.11. The lowest BCUT2D eigenvalue weighted by Crippen LogP contribution is -2.52. The number of Topliss-reactive ketones (excluding diaryl/α,β-unsaturated/α-hetero) is 1. The quantitative estimate of drug-likeness (QED) is 0.816. The molecule has 144 valence electrons. The van der Waals surface area contributed by atoms with Gasteiger partial charge in [0.15, 0.2) is 11.9 Å². The van der Waals surface area contributed by atoms with Gasteiger partial charge in [0.25, 0.3) is 5.91 Å². The summed E-state index contributed by atoms with van der Waals surface area (Å²) in [6.45, 7) is 1.65. The maximum Gasteiger partial charge on any atom is 0.264 e. The second-order valence-corrected chi connectivity index (χ2v) is 7.72. The number of fused-ring (bicyclic) bond motifs is 1. The summed E-state index contributed by atoms with van der Waals surface area (Å²) >= 11 is 0. The van der Waals surface area contributed by atoms with Gasteiger partial charge in [-0.3, -0.25) is 14.4 Å². The van der Waals surface area contributed by atoms with Crippen LogP contribution < -0.4 is 4.74 Å². The van der Waals surface area contributed by atoms with E-state index >= 15 is 0 Å². The fraction of sp³-hybridized carbons (Fsp3) is 0.571. The predicted molar refractivity (Wildman–Crippen MR) is 99.6 cm³/mol. The molecule has 2 heterocycles. The van der Waals surface area contributed by atoms with Gasteiger partial charge in [0.05, 0.1) is 12.0 Å². The number of carbonyl (C=O) groups excluding carboxylic acids is 3. The minimum absolute atomic E-state index is 0.00952. The summed E-state index contributed by atoms with van der Waals surface area (Å²) in [5.74, 6) is 0.171. The second-order valence-electron chi connectivity index (χ2n) is 7.72. The molecular formula is C21H26N2O4. The van der Waals surface area contributed by atoms with Crippen molar-refractivity contribution in [3.63, 3.8) is 0 Å². The average molecular weight is 370 g/mol. The zero-order valence-electron chi connectivity index (χ0n) is 15.6. The smallest absolute Gasteiger partial charge is 0.264 e. The highest BCUT2D eigenvalue weighted by Gasteiger charge is 2.38. The minimum atomic E-state index is -0.834. The van der Waals surface area contributed by atoms with Crippen molar-refractivity contribution in [2.24, 2.45) is 0 Å². The largest absolute Gasteiger partial charge is 0.479 e. The van der Waals surface area contributed by atoms with Gasteiger partial charge in [-0.15, -0.1) is 0 Å². The SMILES string of the molecule is O=C1CC(C(=O)N(CC(=O)N2CCCC2)C2CCCC2)Oc2ccccc21. The van der Waals surface area contributed by atoms with Gasteiger partial charge in [0.2, 0.25) is 5.91 Å². The van der Waals surface area contributed by atoms with E-state index in [0.717, 1.165) is 51.6 Å². The van der Waals surface area contributed by atoms with Crippen molar-refractivity contribution in [1.82, 2.24) is 9.80 Å². The molecule has 1 unspecified atom stereocenters. The molecule has 6 heteroatoms. The number of nitrogens with zero attached hydrogens (tertiary/aromatic N) is 2. The number of likely N-dealkylation sites (tertiary alicyclic amines) is 1. The van der Waals surface area contributed by atoms with Crippen LogP contribution in [0.1, 0.15) is 55.3 Å². The van der Waals surface area contributed by atoms with E-state index in [4.69, 9.17) is 4.74 Å². The maximum atomic E-state index is 13.3. The van der Waals surface area contributed by atoms with E-state index in [1.807, 2.05) is 4.90 Å². The molecule has 2 aliphatic heterocycles. The zero-order valence-corrected chi connectivity index (χ0v) is 15.6. The summed E-state index contributed by atoms with van der Waals surface area (Å²) in [5, 5.41) is 0. The van der Waals surface area contributed by atoms with Crippen LogP contribution in [0.5, 0.6) is 5.75 Å². The first-order valence-electron chi connectivity index (χ1n) is 10.0. The van der Waals surface area contributed by atoms with Crippen molar-refractivity contribution < 1.29 is 19.1 Å². The molecule has 1 aliphatic carbocycles. The van der Waals surface area contributed by atoms with Crippen molar-refractivity contribution in [3.8, 4) is 5.75 Å². The summed E-state index contributed by atoms with van der Waals surface area (Å²) in [5.41, 5.74) is 0.530. The molecular weight excluding hydrogens is 344 g/mol. The van der Waals surface area contributed by atoms with Crippen molar-refractivity contribution in [3.05, 3.63) is 29.8 Å². The van der Waals surface area contributed by atoms with E-state index in [0.29, 0.717) is 11.3 Å². The fourth-order valence-corrected chi connectivity index (χ4v) is 4.41. The van der Waals surface area contributed by atoms with Crippen LogP contribution in [0.3, 0.4) is 0 Å². The molecule has 0 aromatic heterocycles. The van der Waals surface area contributed by atoms with Gasteiger partial charge in [-0.1, -0.05) is 25.0 Å². The Morgan fingerprint density at radius 3 is 2.52 bits per heavy atom. The van der Waals surface area contributed by atoms with Gasteiger partial charge in [-0.25, -0.2) is 0 Å². The number of carbonyl (C=O) groups is 3. The molecule has 0 spiro atoms. The fourth-order valence-electron chi connectivity index (χ4n) is 4.41. The zero-order chi connectivity index (χ0) is 18.8. The number of ketones is 1. The molecule has 0 radical (unpaired) electrons. The highest BCUT2D eigenvalue weighted by Crippen LogP contribution is 2.30. The lowest BCUT2D eigenvalue weighted by molar-refractivity contribution is -0.147. The minimum Gasteiger partial charge on any atom is -0.479 e. The van der Waals surface area contributed by atoms with Gasteiger partial charge in [0, 0.05) is 19.1 Å². The van der Waals surface area contributed by atoms with Crippen LogP contribution in [0.25, 0.3) is 0 Å². The lowest BCUT2D eigenvalue weighted by atomic mass is 9.99. The first-order chi connectivity index (χ1) is 13.1. The number of ether oxygens (including phenoxy) is 1. The third kappa shape index (κ3) is 3.70. The molecule has 2 amide bonds. The summed E-state index contributed by atoms with van der Waals surface area (Å²) in [6.07, 6.45) is 5.22. The monoisotopic (exact) mass is 370 g/mol. The number of para-hydroxylation sites is 1. The molecule has 1 atom stereocenters. The van der Waals surface area contributed by atoms with Crippen LogP contribution in [0, 0.1) is 0 Å². The molecule has 0 N–H and O–H groups in total. The Balaban J connectivity index is 1.52. The number of rotatable bonds is 4. The topological polar surface area (TPSA) is 66.9 Å². The van der Waals surface area contributed by atoms with Gasteiger partial charge < -0.3 is 14.5 Å². The summed E-state index contributed by atoms with van der Waals surface area (Å²) in [4.78, 5) is 41.9. The Bertz CT molecular complexity index is 735. The highest BCUT2D eigenvalue weighted by atomic mass is 16.5. The Kier molecular flexibility index (Phi) is 5.14. The molecule has 2 fully saturated rings. The first kappa shape index (κ1) is 18.0. The van der Waals surface area contributed by atoms with Crippen LogP contribution in [-0.4, -0.2) is 59.2 Å². The van der Waals surface area contributed by atoms with Gasteiger partial charge in [0.1, 0.15) is 12.3 Å². The highest BCUT2D eigenvalue weighted by molar-refractivity contribution is 6.03. The van der Waals surface area contributed by atoms with E-state index < -0.39 is 6.10 Å². The van der Waals surface area contributed by atoms with Crippen LogP contribution in [0.4, 0.5) is 0 Å². The maximum absolute atomic E-state index is 13.3. The molecule has 1 aromatic rings. The van der Waals surface area contributed by atoms with E-state index in [1.165, 1.54) is 0 Å². The Morgan fingerprint density at radius 1 is 1.07 bits per heavy atom. The van der Waals surface area contributed by atoms with Crippen LogP contribution in [-0.2, 0) is 9.59 Å². The van der Waals surface area contributed by atoms with Crippen LogP contribution in [0.2, 0.25) is 0 Å². The van der Waals surface area contributed by atoms with E-state index in [-0.39, 0.29) is 36.6 Å². The molecule has 1 aromatic carbocycles. The van der Waals surface area contributed by atoms with Gasteiger partial charge >= 0.3 is 0 Å².